The lowest BCUT2D eigenvalue weighted by Gasteiger charge is -2.22. The van der Waals surface area contributed by atoms with Gasteiger partial charge in [0.15, 0.2) is 0 Å². The van der Waals surface area contributed by atoms with Crippen molar-refractivity contribution >= 4 is 11.9 Å². The Labute approximate surface area is 399 Å². The second kappa shape index (κ2) is 54.2. The SMILES string of the molecule is CCCCCCCCCCCCCCCCCCCCCC(=O)OCCCCCCCCCC/C=C\CCCCCCCCCC(=O)NC(CO)C(O)CCCCCCCCCCC. The lowest BCUT2D eigenvalue weighted by Crippen LogP contribution is -2.45. The number of hydrogen-bond acceptors (Lipinski definition) is 5. The summed E-state index contributed by atoms with van der Waals surface area (Å²) < 4.78 is 5.49. The maximum atomic E-state index is 12.4. The Hall–Kier alpha value is -1.40. The molecule has 0 spiro atoms. The number of amides is 1. The molecule has 0 aromatic rings. The topological polar surface area (TPSA) is 95.9 Å². The van der Waals surface area contributed by atoms with Crippen LogP contribution in [0.2, 0.25) is 0 Å². The van der Waals surface area contributed by atoms with Gasteiger partial charge in [-0.15, -0.1) is 0 Å². The molecule has 0 saturated carbocycles. The molecule has 0 aliphatic carbocycles. The Kier molecular flexibility index (Phi) is 53.0. The third-order valence-corrected chi connectivity index (χ3v) is 13.6. The van der Waals surface area contributed by atoms with Gasteiger partial charge < -0.3 is 20.3 Å². The van der Waals surface area contributed by atoms with Crippen LogP contribution in [-0.4, -0.2) is 47.4 Å². The molecule has 0 aromatic heterocycles. The number of carbonyl (C=O) groups is 2. The third-order valence-electron chi connectivity index (χ3n) is 13.6. The van der Waals surface area contributed by atoms with E-state index in [1.165, 1.54) is 250 Å². The Morgan fingerprint density at radius 2 is 0.734 bits per heavy atom. The van der Waals surface area contributed by atoms with Gasteiger partial charge in [0, 0.05) is 12.8 Å². The van der Waals surface area contributed by atoms with E-state index in [2.05, 4.69) is 31.3 Å². The van der Waals surface area contributed by atoms with Crippen molar-refractivity contribution < 1.29 is 24.5 Å². The van der Waals surface area contributed by atoms with E-state index in [1.54, 1.807) is 0 Å². The zero-order valence-corrected chi connectivity index (χ0v) is 43.3. The van der Waals surface area contributed by atoms with Crippen molar-refractivity contribution in [2.24, 2.45) is 0 Å². The summed E-state index contributed by atoms with van der Waals surface area (Å²) in [5, 5.41) is 23.1. The van der Waals surface area contributed by atoms with Gasteiger partial charge in [-0.1, -0.05) is 270 Å². The summed E-state index contributed by atoms with van der Waals surface area (Å²) in [6.07, 6.45) is 63.6. The van der Waals surface area contributed by atoms with E-state index in [1.807, 2.05) is 0 Å². The largest absolute Gasteiger partial charge is 0.466 e. The van der Waals surface area contributed by atoms with E-state index in [0.29, 0.717) is 25.9 Å². The molecule has 0 saturated heterocycles. The molecule has 0 fully saturated rings. The van der Waals surface area contributed by atoms with E-state index in [4.69, 9.17) is 4.74 Å². The van der Waals surface area contributed by atoms with Gasteiger partial charge in [-0.25, -0.2) is 0 Å². The number of allylic oxidation sites excluding steroid dienone is 2. The summed E-state index contributed by atoms with van der Waals surface area (Å²) in [5.74, 6) is -0.0372. The van der Waals surface area contributed by atoms with E-state index >= 15 is 0 Å². The minimum absolute atomic E-state index is 0.00891. The van der Waals surface area contributed by atoms with Gasteiger partial charge in [0.25, 0.3) is 0 Å². The van der Waals surface area contributed by atoms with E-state index in [9.17, 15) is 19.8 Å². The predicted octanol–water partition coefficient (Wildman–Crippen LogP) is 17.7. The highest BCUT2D eigenvalue weighted by molar-refractivity contribution is 5.76. The summed E-state index contributed by atoms with van der Waals surface area (Å²) >= 11 is 0. The number of ether oxygens (including phenoxy) is 1. The van der Waals surface area contributed by atoms with Gasteiger partial charge in [0.2, 0.25) is 5.91 Å². The van der Waals surface area contributed by atoms with Crippen LogP contribution in [0.25, 0.3) is 0 Å². The maximum Gasteiger partial charge on any atom is 0.305 e. The summed E-state index contributed by atoms with van der Waals surface area (Å²) in [6, 6.07) is -0.545. The van der Waals surface area contributed by atoms with Crippen LogP contribution in [0.1, 0.15) is 322 Å². The maximum absolute atomic E-state index is 12.4. The Balaban J connectivity index is 3.37. The third kappa shape index (κ3) is 50.0. The fourth-order valence-electron chi connectivity index (χ4n) is 9.11. The van der Waals surface area contributed by atoms with Crippen molar-refractivity contribution in [3.63, 3.8) is 0 Å². The van der Waals surface area contributed by atoms with Crippen LogP contribution < -0.4 is 5.32 Å². The fraction of sp³-hybridized carbons (Fsp3) is 0.931. The van der Waals surface area contributed by atoms with Crippen LogP contribution in [0.5, 0.6) is 0 Å². The van der Waals surface area contributed by atoms with Crippen LogP contribution in [0.15, 0.2) is 12.2 Å². The van der Waals surface area contributed by atoms with Crippen molar-refractivity contribution in [3.05, 3.63) is 12.2 Å². The molecule has 0 heterocycles. The zero-order valence-electron chi connectivity index (χ0n) is 43.3. The molecule has 0 aliphatic heterocycles. The number of carbonyl (C=O) groups excluding carboxylic acids is 2. The minimum Gasteiger partial charge on any atom is -0.466 e. The quantitative estimate of drug-likeness (QED) is 0.0321. The van der Waals surface area contributed by atoms with Crippen molar-refractivity contribution in [1.82, 2.24) is 5.32 Å². The van der Waals surface area contributed by atoms with E-state index < -0.39 is 12.1 Å². The molecule has 0 aliphatic rings. The minimum atomic E-state index is -0.667. The van der Waals surface area contributed by atoms with Crippen molar-refractivity contribution in [1.29, 1.82) is 0 Å². The first-order valence-corrected chi connectivity index (χ1v) is 28.9. The molecule has 1 amide bonds. The molecule has 0 rings (SSSR count). The molecular formula is C58H113NO5. The van der Waals surface area contributed by atoms with Crippen LogP contribution in [0.3, 0.4) is 0 Å². The van der Waals surface area contributed by atoms with Gasteiger partial charge in [0.05, 0.1) is 25.4 Å². The molecule has 64 heavy (non-hydrogen) atoms. The average Bonchev–Trinajstić information content (AvgIpc) is 3.29. The van der Waals surface area contributed by atoms with Gasteiger partial charge in [-0.3, -0.25) is 9.59 Å². The Morgan fingerprint density at radius 3 is 1.11 bits per heavy atom. The van der Waals surface area contributed by atoms with E-state index in [-0.39, 0.29) is 18.5 Å². The van der Waals surface area contributed by atoms with Crippen molar-refractivity contribution in [2.75, 3.05) is 13.2 Å². The van der Waals surface area contributed by atoms with Crippen molar-refractivity contribution in [3.8, 4) is 0 Å². The molecule has 0 aromatic carbocycles. The summed E-state index contributed by atoms with van der Waals surface area (Å²) in [6.45, 7) is 4.94. The average molecular weight is 905 g/mol. The molecule has 0 radical (unpaired) electrons. The normalized spacial score (nSPS) is 12.6. The van der Waals surface area contributed by atoms with E-state index in [0.717, 1.165) is 38.5 Å². The first-order chi connectivity index (χ1) is 31.5. The number of aliphatic hydroxyl groups excluding tert-OH is 2. The van der Waals surface area contributed by atoms with Gasteiger partial charge in [0.1, 0.15) is 0 Å². The Morgan fingerprint density at radius 1 is 0.422 bits per heavy atom. The lowest BCUT2D eigenvalue weighted by atomic mass is 10.0. The highest BCUT2D eigenvalue weighted by Crippen LogP contribution is 2.17. The monoisotopic (exact) mass is 904 g/mol. The number of unbranched alkanes of at least 4 members (excludes halogenated alkanes) is 41. The number of hydrogen-bond donors (Lipinski definition) is 3. The first-order valence-electron chi connectivity index (χ1n) is 28.9. The van der Waals surface area contributed by atoms with Gasteiger partial charge in [-0.2, -0.15) is 0 Å². The highest BCUT2D eigenvalue weighted by Gasteiger charge is 2.20. The predicted molar refractivity (Wildman–Crippen MR) is 278 cm³/mol. The number of nitrogens with one attached hydrogen (secondary N) is 1. The molecule has 0 bridgehead atoms. The lowest BCUT2D eigenvalue weighted by molar-refractivity contribution is -0.143. The smallest absolute Gasteiger partial charge is 0.305 e. The second-order valence-corrected chi connectivity index (χ2v) is 20.0. The molecule has 2 atom stereocenters. The molecule has 6 nitrogen and oxygen atoms in total. The number of rotatable bonds is 54. The second-order valence-electron chi connectivity index (χ2n) is 20.0. The van der Waals surface area contributed by atoms with Crippen LogP contribution in [-0.2, 0) is 14.3 Å². The summed E-state index contributed by atoms with van der Waals surface area (Å²) in [7, 11) is 0. The summed E-state index contributed by atoms with van der Waals surface area (Å²) in [5.41, 5.74) is 0. The zero-order chi connectivity index (χ0) is 46.5. The Bertz CT molecular complexity index is 955. The number of aliphatic hydroxyl groups is 2. The molecule has 6 heteroatoms. The van der Waals surface area contributed by atoms with Crippen LogP contribution in [0.4, 0.5) is 0 Å². The molecule has 3 N–H and O–H groups in total. The van der Waals surface area contributed by atoms with Gasteiger partial charge >= 0.3 is 5.97 Å². The molecular weight excluding hydrogens is 791 g/mol. The van der Waals surface area contributed by atoms with Crippen LogP contribution >= 0.6 is 0 Å². The van der Waals surface area contributed by atoms with Crippen molar-refractivity contribution in [2.45, 2.75) is 334 Å². The summed E-state index contributed by atoms with van der Waals surface area (Å²) in [4.78, 5) is 24.5. The van der Waals surface area contributed by atoms with Gasteiger partial charge in [-0.05, 0) is 51.4 Å². The van der Waals surface area contributed by atoms with Crippen LogP contribution in [0, 0.1) is 0 Å². The highest BCUT2D eigenvalue weighted by atomic mass is 16.5. The first kappa shape index (κ1) is 62.6. The molecule has 2 unspecified atom stereocenters. The molecule has 380 valence electrons. The standard InChI is InChI=1S/C58H113NO5/c1-3-5-7-9-11-13-14-15-16-17-19-23-26-29-32-36-40-44-48-52-58(63)64-53-49-45-41-37-33-30-27-24-21-18-20-22-25-28-31-35-39-43-47-51-57(62)59-55(54-60)56(61)50-46-42-38-34-12-10-8-6-4-2/h18,20,55-56,60-61H,3-17,19,21-54H2,1-2H3,(H,59,62)/b20-18-. The fourth-order valence-corrected chi connectivity index (χ4v) is 9.11. The number of esters is 1.